The molecule has 1 saturated carbocycles. The molecular weight excluding hydrogens is 468 g/mol. The standard InChI is InChI=1S/C24H30N6O4S/c1-23(2)19(9-10-24(23,3)22(26)32)28-20-17(21(25)31)12-27-30-13-15(11-18(20)30)14-5-7-16(8-6-14)29-35(4,33)34/h5-8,11-13,19,28-29H,9-10H2,1-4H3,(H2,25,31)(H2,26,32). The van der Waals surface area contributed by atoms with Crippen molar-refractivity contribution in [2.75, 3.05) is 16.3 Å². The number of nitrogens with zero attached hydrogens (tertiary/aromatic N) is 2. The summed E-state index contributed by atoms with van der Waals surface area (Å²) in [5.41, 5.74) is 13.8. The second-order valence-electron chi connectivity index (χ2n) is 9.96. The van der Waals surface area contributed by atoms with Crippen LogP contribution in [0.1, 0.15) is 44.0 Å². The molecule has 4 rings (SSSR count). The van der Waals surface area contributed by atoms with Crippen LogP contribution in [0.4, 0.5) is 11.4 Å². The van der Waals surface area contributed by atoms with Crippen LogP contribution in [0.25, 0.3) is 16.6 Å². The molecule has 2 atom stereocenters. The van der Waals surface area contributed by atoms with Gasteiger partial charge in [0, 0.05) is 23.5 Å². The Morgan fingerprint density at radius 1 is 1.11 bits per heavy atom. The van der Waals surface area contributed by atoms with Crippen molar-refractivity contribution in [2.45, 2.75) is 39.7 Å². The summed E-state index contributed by atoms with van der Waals surface area (Å²) in [6.07, 6.45) is 5.66. The monoisotopic (exact) mass is 498 g/mol. The Labute approximate surface area is 204 Å². The first-order chi connectivity index (χ1) is 16.2. The Morgan fingerprint density at radius 2 is 1.77 bits per heavy atom. The number of fused-ring (bicyclic) bond motifs is 1. The molecule has 1 aliphatic rings. The van der Waals surface area contributed by atoms with Gasteiger partial charge in [0.05, 0.1) is 34.6 Å². The number of hydrogen-bond donors (Lipinski definition) is 4. The summed E-state index contributed by atoms with van der Waals surface area (Å²) in [6, 6.07) is 8.68. The number of primary amides is 2. The summed E-state index contributed by atoms with van der Waals surface area (Å²) in [6.45, 7) is 5.88. The summed E-state index contributed by atoms with van der Waals surface area (Å²) in [7, 11) is -3.37. The highest BCUT2D eigenvalue weighted by Crippen LogP contribution is 2.53. The minimum atomic E-state index is -3.37. The summed E-state index contributed by atoms with van der Waals surface area (Å²) in [5, 5.41) is 7.84. The van der Waals surface area contributed by atoms with Gasteiger partial charge in [0.25, 0.3) is 5.91 Å². The van der Waals surface area contributed by atoms with Crippen molar-refractivity contribution >= 4 is 38.7 Å². The largest absolute Gasteiger partial charge is 0.379 e. The molecule has 35 heavy (non-hydrogen) atoms. The maximum absolute atomic E-state index is 12.3. The third-order valence-electron chi connectivity index (χ3n) is 7.51. The molecule has 1 aliphatic carbocycles. The molecule has 10 nitrogen and oxygen atoms in total. The van der Waals surface area contributed by atoms with Crippen molar-refractivity contribution in [3.63, 3.8) is 0 Å². The van der Waals surface area contributed by atoms with Crippen molar-refractivity contribution in [3.8, 4) is 11.1 Å². The smallest absolute Gasteiger partial charge is 0.252 e. The zero-order valence-electron chi connectivity index (χ0n) is 20.1. The third kappa shape index (κ3) is 4.31. The lowest BCUT2D eigenvalue weighted by molar-refractivity contribution is -0.131. The SMILES string of the molecule is CC1(C(N)=O)CCC(Nc2c(C(N)=O)cnn3cc(-c4ccc(NS(C)(=O)=O)cc4)cc23)C1(C)C. The molecular formula is C24H30N6O4S. The molecule has 11 heteroatoms. The fourth-order valence-corrected chi connectivity index (χ4v) is 5.43. The first-order valence-corrected chi connectivity index (χ1v) is 13.1. The van der Waals surface area contributed by atoms with Gasteiger partial charge in [-0.2, -0.15) is 5.10 Å². The van der Waals surface area contributed by atoms with Crippen molar-refractivity contribution < 1.29 is 18.0 Å². The molecule has 186 valence electrons. The number of nitrogens with one attached hydrogen (secondary N) is 2. The molecule has 2 aromatic heterocycles. The van der Waals surface area contributed by atoms with Crippen LogP contribution in [0.3, 0.4) is 0 Å². The molecule has 6 N–H and O–H groups in total. The molecule has 3 aromatic rings. The molecule has 0 bridgehead atoms. The highest BCUT2D eigenvalue weighted by atomic mass is 32.2. The lowest BCUT2D eigenvalue weighted by Gasteiger charge is -2.40. The van der Waals surface area contributed by atoms with Crippen LogP contribution in [0, 0.1) is 10.8 Å². The average Bonchev–Trinajstić information content (AvgIpc) is 3.28. The Kier molecular flexibility index (Phi) is 5.79. The Bertz CT molecular complexity index is 1430. The fourth-order valence-electron chi connectivity index (χ4n) is 4.87. The molecule has 0 saturated heterocycles. The van der Waals surface area contributed by atoms with Gasteiger partial charge < -0.3 is 16.8 Å². The zero-order chi connectivity index (χ0) is 25.8. The van der Waals surface area contributed by atoms with Crippen molar-refractivity contribution in [1.29, 1.82) is 0 Å². The van der Waals surface area contributed by atoms with E-state index >= 15 is 0 Å². The lowest BCUT2D eigenvalue weighted by atomic mass is 9.67. The molecule has 0 aliphatic heterocycles. The molecule has 2 heterocycles. The van der Waals surface area contributed by atoms with Gasteiger partial charge in [0.15, 0.2) is 0 Å². The van der Waals surface area contributed by atoms with Crippen LogP contribution in [0.2, 0.25) is 0 Å². The van der Waals surface area contributed by atoms with E-state index in [0.717, 1.165) is 17.4 Å². The van der Waals surface area contributed by atoms with Crippen LogP contribution in [-0.4, -0.2) is 42.1 Å². The van der Waals surface area contributed by atoms with Crippen LogP contribution in [0.15, 0.2) is 42.7 Å². The van der Waals surface area contributed by atoms with E-state index in [4.69, 9.17) is 11.5 Å². The van der Waals surface area contributed by atoms with Crippen LogP contribution < -0.4 is 21.5 Å². The molecule has 0 radical (unpaired) electrons. The highest BCUT2D eigenvalue weighted by molar-refractivity contribution is 7.92. The third-order valence-corrected chi connectivity index (χ3v) is 8.12. The van der Waals surface area contributed by atoms with E-state index in [1.807, 2.05) is 33.0 Å². The summed E-state index contributed by atoms with van der Waals surface area (Å²) in [5.74, 6) is -0.962. The summed E-state index contributed by atoms with van der Waals surface area (Å²) >= 11 is 0. The van der Waals surface area contributed by atoms with E-state index in [1.165, 1.54) is 6.20 Å². The maximum Gasteiger partial charge on any atom is 0.252 e. The van der Waals surface area contributed by atoms with E-state index in [0.29, 0.717) is 29.7 Å². The topological polar surface area (TPSA) is 162 Å². The number of carbonyl (C=O) groups excluding carboxylic acids is 2. The van der Waals surface area contributed by atoms with E-state index < -0.39 is 26.8 Å². The van der Waals surface area contributed by atoms with Gasteiger partial charge in [-0.1, -0.05) is 32.9 Å². The van der Waals surface area contributed by atoms with Crippen molar-refractivity contribution in [3.05, 3.63) is 48.3 Å². The zero-order valence-corrected chi connectivity index (χ0v) is 20.9. The number of anilines is 2. The van der Waals surface area contributed by atoms with Crippen LogP contribution in [-0.2, 0) is 14.8 Å². The quantitative estimate of drug-likeness (QED) is 0.391. The number of sulfonamides is 1. The number of carbonyl (C=O) groups is 2. The predicted octanol–water partition coefficient (Wildman–Crippen LogP) is 2.56. The van der Waals surface area contributed by atoms with E-state index in [2.05, 4.69) is 15.1 Å². The molecule has 2 amide bonds. The first-order valence-electron chi connectivity index (χ1n) is 11.2. The Balaban J connectivity index is 1.75. The van der Waals surface area contributed by atoms with Crippen LogP contribution in [0.5, 0.6) is 0 Å². The molecule has 1 aromatic carbocycles. The van der Waals surface area contributed by atoms with Crippen LogP contribution >= 0.6 is 0 Å². The predicted molar refractivity (Wildman–Crippen MR) is 135 cm³/mol. The molecule has 0 spiro atoms. The normalized spacial score (nSPS) is 21.7. The highest BCUT2D eigenvalue weighted by Gasteiger charge is 2.55. The number of aromatic nitrogens is 2. The van der Waals surface area contributed by atoms with E-state index in [9.17, 15) is 18.0 Å². The van der Waals surface area contributed by atoms with Gasteiger partial charge in [0.2, 0.25) is 15.9 Å². The number of hydrogen-bond acceptors (Lipinski definition) is 6. The number of rotatable bonds is 7. The minimum absolute atomic E-state index is 0.135. The first kappa shape index (κ1) is 24.5. The molecule has 1 fully saturated rings. The van der Waals surface area contributed by atoms with Gasteiger partial charge >= 0.3 is 0 Å². The van der Waals surface area contributed by atoms with E-state index in [-0.39, 0.29) is 17.5 Å². The Morgan fingerprint density at radius 3 is 2.31 bits per heavy atom. The van der Waals surface area contributed by atoms with Crippen molar-refractivity contribution in [1.82, 2.24) is 9.61 Å². The molecule has 2 unspecified atom stereocenters. The number of nitrogens with two attached hydrogens (primary N) is 2. The maximum atomic E-state index is 12.3. The van der Waals surface area contributed by atoms with Gasteiger partial charge in [-0.3, -0.25) is 14.3 Å². The Hall–Kier alpha value is -3.60. The second-order valence-corrected chi connectivity index (χ2v) is 11.7. The van der Waals surface area contributed by atoms with Gasteiger partial charge in [0.1, 0.15) is 0 Å². The summed E-state index contributed by atoms with van der Waals surface area (Å²) in [4.78, 5) is 24.5. The van der Waals surface area contributed by atoms with Crippen molar-refractivity contribution in [2.24, 2.45) is 22.3 Å². The van der Waals surface area contributed by atoms with Gasteiger partial charge in [-0.05, 0) is 42.0 Å². The fraction of sp³-hybridized carbons (Fsp3) is 0.375. The minimum Gasteiger partial charge on any atom is -0.379 e. The van der Waals surface area contributed by atoms with Gasteiger partial charge in [-0.25, -0.2) is 12.9 Å². The number of benzene rings is 1. The van der Waals surface area contributed by atoms with Gasteiger partial charge in [-0.15, -0.1) is 0 Å². The number of amides is 2. The lowest BCUT2D eigenvalue weighted by Crippen LogP contribution is -2.48. The average molecular weight is 499 g/mol. The second kappa shape index (κ2) is 8.26. The summed E-state index contributed by atoms with van der Waals surface area (Å²) < 4.78 is 27.0. The van der Waals surface area contributed by atoms with E-state index in [1.54, 1.807) is 28.8 Å².